The second-order valence-corrected chi connectivity index (χ2v) is 5.98. The van der Waals surface area contributed by atoms with Crippen LogP contribution >= 0.6 is 0 Å². The molecule has 102 valence electrons. The molecule has 0 aliphatic heterocycles. The summed E-state index contributed by atoms with van der Waals surface area (Å²) in [4.78, 5) is 12.8. The number of hydrogen-bond acceptors (Lipinski definition) is 1. The molecule has 0 atom stereocenters. The molecule has 0 heterocycles. The van der Waals surface area contributed by atoms with Crippen LogP contribution in [0.4, 0.5) is 0 Å². The van der Waals surface area contributed by atoms with Crippen LogP contribution in [-0.4, -0.2) is 5.78 Å². The Morgan fingerprint density at radius 3 is 2.40 bits per heavy atom. The van der Waals surface area contributed by atoms with Crippen LogP contribution in [0, 0.1) is 13.8 Å². The highest BCUT2D eigenvalue weighted by Crippen LogP contribution is 2.49. The predicted molar refractivity (Wildman–Crippen MR) is 82.0 cm³/mol. The molecule has 0 spiro atoms. The van der Waals surface area contributed by atoms with Crippen molar-refractivity contribution in [3.63, 3.8) is 0 Å². The highest BCUT2D eigenvalue weighted by atomic mass is 16.1. The summed E-state index contributed by atoms with van der Waals surface area (Å²) in [5, 5.41) is 0. The van der Waals surface area contributed by atoms with Gasteiger partial charge in [-0.15, -0.1) is 0 Å². The molecule has 2 aromatic carbocycles. The van der Waals surface area contributed by atoms with Crippen LogP contribution in [0.15, 0.2) is 48.5 Å². The van der Waals surface area contributed by atoms with Crippen molar-refractivity contribution >= 4 is 5.78 Å². The van der Waals surface area contributed by atoms with Gasteiger partial charge in [0.25, 0.3) is 0 Å². The lowest BCUT2D eigenvalue weighted by Crippen LogP contribution is -2.22. The molecule has 1 heteroatoms. The van der Waals surface area contributed by atoms with Crippen LogP contribution in [-0.2, 0) is 16.6 Å². The number of carbonyl (C=O) groups excluding carboxylic acids is 1. The number of aryl methyl sites for hydroxylation is 2. The Kier molecular flexibility index (Phi) is 3.21. The van der Waals surface area contributed by atoms with Crippen LogP contribution in [0.1, 0.15) is 35.1 Å². The number of hydrogen-bond donors (Lipinski definition) is 0. The van der Waals surface area contributed by atoms with Crippen molar-refractivity contribution in [2.45, 2.75) is 38.5 Å². The first-order valence-corrected chi connectivity index (χ1v) is 7.27. The Morgan fingerprint density at radius 1 is 1.05 bits per heavy atom. The first kappa shape index (κ1) is 13.1. The number of ketones is 1. The van der Waals surface area contributed by atoms with Crippen molar-refractivity contribution in [1.82, 2.24) is 0 Å². The van der Waals surface area contributed by atoms with E-state index >= 15 is 0 Å². The van der Waals surface area contributed by atoms with Crippen LogP contribution in [0.3, 0.4) is 0 Å². The molecule has 0 unspecified atom stereocenters. The topological polar surface area (TPSA) is 17.1 Å². The third-order valence-corrected chi connectivity index (χ3v) is 4.47. The second kappa shape index (κ2) is 4.90. The molecule has 2 aromatic rings. The Morgan fingerprint density at radius 2 is 1.75 bits per heavy atom. The molecule has 1 nitrogen and oxygen atoms in total. The quantitative estimate of drug-likeness (QED) is 0.811. The van der Waals surface area contributed by atoms with E-state index in [1.165, 1.54) is 22.3 Å². The molecule has 0 N–H and O–H groups in total. The lowest BCUT2D eigenvalue weighted by molar-refractivity contribution is -0.120. The van der Waals surface area contributed by atoms with Gasteiger partial charge < -0.3 is 0 Å². The standard InChI is InChI=1S/C19H20O/c1-14-8-9-15(2)16(12-14)13-18(20)19(10-11-19)17-6-4-3-5-7-17/h3-9,12H,10-11,13H2,1-2H3. The van der Waals surface area contributed by atoms with Crippen molar-refractivity contribution in [1.29, 1.82) is 0 Å². The Hall–Kier alpha value is -1.89. The average Bonchev–Trinajstić information content (AvgIpc) is 3.25. The van der Waals surface area contributed by atoms with Gasteiger partial charge in [-0.05, 0) is 43.4 Å². The van der Waals surface area contributed by atoms with Gasteiger partial charge in [-0.25, -0.2) is 0 Å². The van der Waals surface area contributed by atoms with Crippen molar-refractivity contribution in [3.05, 3.63) is 70.8 Å². The fourth-order valence-electron chi connectivity index (χ4n) is 2.94. The molecule has 1 aliphatic rings. The molecule has 0 bridgehead atoms. The zero-order valence-electron chi connectivity index (χ0n) is 12.1. The minimum atomic E-state index is -0.197. The summed E-state index contributed by atoms with van der Waals surface area (Å²) in [6, 6.07) is 16.6. The lowest BCUT2D eigenvalue weighted by Gasteiger charge is -2.15. The maximum Gasteiger partial charge on any atom is 0.147 e. The molecule has 1 fully saturated rings. The van der Waals surface area contributed by atoms with Crippen LogP contribution < -0.4 is 0 Å². The van der Waals surface area contributed by atoms with Gasteiger partial charge in [-0.1, -0.05) is 54.1 Å². The van der Waals surface area contributed by atoms with E-state index in [0.717, 1.165) is 12.8 Å². The lowest BCUT2D eigenvalue weighted by atomic mass is 9.87. The van der Waals surface area contributed by atoms with E-state index in [9.17, 15) is 4.79 Å². The molecule has 1 aliphatic carbocycles. The van der Waals surface area contributed by atoms with Gasteiger partial charge in [0.2, 0.25) is 0 Å². The van der Waals surface area contributed by atoms with Gasteiger partial charge in [-0.3, -0.25) is 4.79 Å². The molecule has 0 saturated heterocycles. The summed E-state index contributed by atoms with van der Waals surface area (Å²) in [5.41, 5.74) is 4.61. The highest BCUT2D eigenvalue weighted by molar-refractivity contribution is 5.94. The highest BCUT2D eigenvalue weighted by Gasteiger charge is 2.50. The van der Waals surface area contributed by atoms with E-state index in [2.05, 4.69) is 44.2 Å². The summed E-state index contributed by atoms with van der Waals surface area (Å²) >= 11 is 0. The average molecular weight is 264 g/mol. The molecule has 0 amide bonds. The minimum absolute atomic E-state index is 0.197. The van der Waals surface area contributed by atoms with E-state index in [1.807, 2.05) is 18.2 Å². The number of Topliss-reactive ketones (excluding diaryl/α,β-unsaturated/α-hetero) is 1. The summed E-state index contributed by atoms with van der Waals surface area (Å²) in [6.45, 7) is 4.17. The summed E-state index contributed by atoms with van der Waals surface area (Å²) < 4.78 is 0. The van der Waals surface area contributed by atoms with E-state index in [-0.39, 0.29) is 5.41 Å². The van der Waals surface area contributed by atoms with Gasteiger partial charge in [-0.2, -0.15) is 0 Å². The summed E-state index contributed by atoms with van der Waals surface area (Å²) in [5.74, 6) is 0.373. The van der Waals surface area contributed by atoms with E-state index in [4.69, 9.17) is 0 Å². The normalized spacial score (nSPS) is 15.9. The smallest absolute Gasteiger partial charge is 0.147 e. The molecule has 0 aromatic heterocycles. The summed E-state index contributed by atoms with van der Waals surface area (Å²) in [7, 11) is 0. The maximum absolute atomic E-state index is 12.8. The number of rotatable bonds is 4. The number of carbonyl (C=O) groups is 1. The fraction of sp³-hybridized carbons (Fsp3) is 0.316. The predicted octanol–water partition coefficient (Wildman–Crippen LogP) is 4.15. The molecule has 0 radical (unpaired) electrons. The molecular weight excluding hydrogens is 244 g/mol. The third-order valence-electron chi connectivity index (χ3n) is 4.47. The van der Waals surface area contributed by atoms with Crippen molar-refractivity contribution in [3.8, 4) is 0 Å². The third kappa shape index (κ3) is 2.29. The van der Waals surface area contributed by atoms with E-state index in [1.54, 1.807) is 0 Å². The first-order chi connectivity index (χ1) is 9.62. The maximum atomic E-state index is 12.8. The van der Waals surface area contributed by atoms with Gasteiger partial charge >= 0.3 is 0 Å². The largest absolute Gasteiger partial charge is 0.298 e. The fourth-order valence-corrected chi connectivity index (χ4v) is 2.94. The zero-order valence-corrected chi connectivity index (χ0v) is 12.1. The van der Waals surface area contributed by atoms with Crippen molar-refractivity contribution < 1.29 is 4.79 Å². The monoisotopic (exact) mass is 264 g/mol. The molecule has 1 saturated carbocycles. The Balaban J connectivity index is 1.85. The van der Waals surface area contributed by atoms with Crippen LogP contribution in [0.25, 0.3) is 0 Å². The molecule has 20 heavy (non-hydrogen) atoms. The van der Waals surface area contributed by atoms with E-state index in [0.29, 0.717) is 12.2 Å². The van der Waals surface area contributed by atoms with Gasteiger partial charge in [0, 0.05) is 6.42 Å². The SMILES string of the molecule is Cc1ccc(C)c(CC(=O)C2(c3ccccc3)CC2)c1. The van der Waals surface area contributed by atoms with Gasteiger partial charge in [0.05, 0.1) is 5.41 Å². The van der Waals surface area contributed by atoms with Crippen molar-refractivity contribution in [2.75, 3.05) is 0 Å². The molecular formula is C19H20O. The van der Waals surface area contributed by atoms with Gasteiger partial charge in [0.1, 0.15) is 5.78 Å². The molecule has 3 rings (SSSR count). The number of benzene rings is 2. The van der Waals surface area contributed by atoms with E-state index < -0.39 is 0 Å². The minimum Gasteiger partial charge on any atom is -0.298 e. The first-order valence-electron chi connectivity index (χ1n) is 7.27. The van der Waals surface area contributed by atoms with Gasteiger partial charge in [0.15, 0.2) is 0 Å². The Bertz CT molecular complexity index is 636. The zero-order chi connectivity index (χ0) is 14.2. The van der Waals surface area contributed by atoms with Crippen LogP contribution in [0.2, 0.25) is 0 Å². The van der Waals surface area contributed by atoms with Crippen molar-refractivity contribution in [2.24, 2.45) is 0 Å². The second-order valence-electron chi connectivity index (χ2n) is 5.98. The Labute approximate surface area is 120 Å². The summed E-state index contributed by atoms with van der Waals surface area (Å²) in [6.07, 6.45) is 2.56. The van der Waals surface area contributed by atoms with Crippen LogP contribution in [0.5, 0.6) is 0 Å².